The lowest BCUT2D eigenvalue weighted by Crippen LogP contribution is -3.15. The van der Waals surface area contributed by atoms with E-state index in [9.17, 15) is 5.11 Å². The Kier molecular flexibility index (Phi) is 4.07. The molecule has 1 saturated heterocycles. The number of thiazole rings is 1. The zero-order chi connectivity index (χ0) is 16.8. The molecule has 4 heterocycles. The number of rotatable bonds is 3. The van der Waals surface area contributed by atoms with Crippen molar-refractivity contribution in [3.05, 3.63) is 33.1 Å². The van der Waals surface area contributed by atoms with Gasteiger partial charge in [0.2, 0.25) is 10.8 Å². The van der Waals surface area contributed by atoms with E-state index in [0.29, 0.717) is 5.82 Å². The summed E-state index contributed by atoms with van der Waals surface area (Å²) in [6.45, 7) is 7.91. The molecule has 128 valence electrons. The standard InChI is InChI=1S/C16H20N4O2S2/c1-9-7-19(8-10(2)22-9)13(12-5-4-6-23-12)14-15(21)20-16(24-14)17-11(3)18-20/h4-6,9-10,13,21H,7-8H2,1-3H3/p+1/t9-,10-,13-/m1/s1. The summed E-state index contributed by atoms with van der Waals surface area (Å²) in [5.74, 6) is 0.894. The van der Waals surface area contributed by atoms with Crippen LogP contribution in [0.5, 0.6) is 5.88 Å². The van der Waals surface area contributed by atoms with Crippen molar-refractivity contribution in [2.24, 2.45) is 0 Å². The second-order valence-corrected chi connectivity index (χ2v) is 8.40. The third kappa shape index (κ3) is 2.73. The second kappa shape index (κ2) is 6.11. The fourth-order valence-corrected chi connectivity index (χ4v) is 5.70. The van der Waals surface area contributed by atoms with Crippen molar-refractivity contribution in [1.29, 1.82) is 0 Å². The molecule has 1 aliphatic rings. The van der Waals surface area contributed by atoms with E-state index in [-0.39, 0.29) is 24.1 Å². The maximum absolute atomic E-state index is 10.8. The topological polar surface area (TPSA) is 64.1 Å². The molecular formula is C16H21N4O2S2+. The molecule has 0 radical (unpaired) electrons. The number of hydrogen-bond donors (Lipinski definition) is 2. The van der Waals surface area contributed by atoms with Gasteiger partial charge in [0.15, 0.2) is 6.04 Å². The van der Waals surface area contributed by atoms with Crippen LogP contribution in [0.2, 0.25) is 0 Å². The minimum absolute atomic E-state index is 0.0904. The first kappa shape index (κ1) is 16.0. The van der Waals surface area contributed by atoms with Crippen molar-refractivity contribution in [2.45, 2.75) is 39.0 Å². The maximum Gasteiger partial charge on any atom is 0.235 e. The summed E-state index contributed by atoms with van der Waals surface area (Å²) in [7, 11) is 0. The van der Waals surface area contributed by atoms with E-state index in [1.807, 2.05) is 6.92 Å². The van der Waals surface area contributed by atoms with E-state index in [2.05, 4.69) is 41.4 Å². The number of nitrogens with zero attached hydrogens (tertiary/aromatic N) is 3. The Morgan fingerprint density at radius 3 is 2.75 bits per heavy atom. The van der Waals surface area contributed by atoms with Crippen molar-refractivity contribution in [3.8, 4) is 5.88 Å². The minimum Gasteiger partial charge on any atom is -0.492 e. The molecule has 0 amide bonds. The Labute approximate surface area is 148 Å². The van der Waals surface area contributed by atoms with Crippen molar-refractivity contribution in [2.75, 3.05) is 13.1 Å². The number of morpholine rings is 1. The number of aryl methyl sites for hydroxylation is 1. The summed E-state index contributed by atoms with van der Waals surface area (Å²) in [6, 6.07) is 4.30. The first-order chi connectivity index (χ1) is 11.5. The molecule has 3 aromatic rings. The molecule has 0 unspecified atom stereocenters. The van der Waals surface area contributed by atoms with Crippen LogP contribution in [0.1, 0.15) is 35.5 Å². The monoisotopic (exact) mass is 365 g/mol. The molecule has 0 bridgehead atoms. The smallest absolute Gasteiger partial charge is 0.235 e. The third-order valence-corrected chi connectivity index (χ3v) is 6.39. The summed E-state index contributed by atoms with van der Waals surface area (Å²) in [4.78, 5) is 8.76. The van der Waals surface area contributed by atoms with Crippen LogP contribution in [0.3, 0.4) is 0 Å². The lowest BCUT2D eigenvalue weighted by Gasteiger charge is -2.36. The Morgan fingerprint density at radius 1 is 1.38 bits per heavy atom. The molecule has 0 aliphatic carbocycles. The van der Waals surface area contributed by atoms with Gasteiger partial charge in [0.1, 0.15) is 36.0 Å². The van der Waals surface area contributed by atoms with Gasteiger partial charge in [-0.1, -0.05) is 17.4 Å². The van der Waals surface area contributed by atoms with Gasteiger partial charge < -0.3 is 14.7 Å². The number of aromatic hydroxyl groups is 1. The van der Waals surface area contributed by atoms with E-state index in [1.54, 1.807) is 15.9 Å². The average Bonchev–Trinajstić information content (AvgIpc) is 3.20. The third-order valence-electron chi connectivity index (χ3n) is 4.37. The van der Waals surface area contributed by atoms with E-state index in [0.717, 1.165) is 22.9 Å². The number of aromatic nitrogens is 3. The van der Waals surface area contributed by atoms with Crippen LogP contribution < -0.4 is 4.90 Å². The van der Waals surface area contributed by atoms with E-state index in [4.69, 9.17) is 4.74 Å². The Balaban J connectivity index is 1.80. The van der Waals surface area contributed by atoms with Gasteiger partial charge in [0.05, 0.1) is 4.88 Å². The fourth-order valence-electron chi connectivity index (χ4n) is 3.56. The highest BCUT2D eigenvalue weighted by Crippen LogP contribution is 2.36. The van der Waals surface area contributed by atoms with Gasteiger partial charge in [-0.15, -0.1) is 16.4 Å². The molecule has 0 spiro atoms. The van der Waals surface area contributed by atoms with Gasteiger partial charge in [-0.2, -0.15) is 4.52 Å². The van der Waals surface area contributed by atoms with E-state index < -0.39 is 0 Å². The summed E-state index contributed by atoms with van der Waals surface area (Å²) in [5.41, 5.74) is 0. The average molecular weight is 366 g/mol. The Bertz CT molecular complexity index is 832. The highest BCUT2D eigenvalue weighted by atomic mass is 32.1. The summed E-state index contributed by atoms with van der Waals surface area (Å²) < 4.78 is 7.46. The molecule has 4 rings (SSSR count). The Hall–Kier alpha value is -1.48. The molecule has 0 aromatic carbocycles. The van der Waals surface area contributed by atoms with Crippen LogP contribution >= 0.6 is 22.7 Å². The predicted octanol–water partition coefficient (Wildman–Crippen LogP) is 1.65. The summed E-state index contributed by atoms with van der Waals surface area (Å²) >= 11 is 3.26. The molecule has 6 nitrogen and oxygen atoms in total. The normalized spacial score (nSPS) is 26.0. The predicted molar refractivity (Wildman–Crippen MR) is 94.1 cm³/mol. The van der Waals surface area contributed by atoms with Crippen LogP contribution in [-0.4, -0.2) is 45.0 Å². The second-order valence-electron chi connectivity index (χ2n) is 6.42. The van der Waals surface area contributed by atoms with Crippen LogP contribution in [-0.2, 0) is 4.74 Å². The van der Waals surface area contributed by atoms with Gasteiger partial charge in [-0.25, -0.2) is 4.98 Å². The Morgan fingerprint density at radius 2 is 2.12 bits per heavy atom. The first-order valence-corrected chi connectivity index (χ1v) is 9.81. The lowest BCUT2D eigenvalue weighted by molar-refractivity contribution is -0.939. The molecule has 8 heteroatoms. The zero-order valence-electron chi connectivity index (χ0n) is 13.9. The lowest BCUT2D eigenvalue weighted by atomic mass is 10.1. The molecule has 3 atom stereocenters. The molecule has 0 saturated carbocycles. The van der Waals surface area contributed by atoms with Crippen LogP contribution in [0, 0.1) is 6.92 Å². The first-order valence-electron chi connectivity index (χ1n) is 8.11. The number of nitrogens with one attached hydrogen (secondary N) is 1. The minimum atomic E-state index is 0.0904. The van der Waals surface area contributed by atoms with Gasteiger partial charge in [-0.05, 0) is 32.2 Å². The van der Waals surface area contributed by atoms with Gasteiger partial charge >= 0.3 is 0 Å². The van der Waals surface area contributed by atoms with E-state index >= 15 is 0 Å². The highest BCUT2D eigenvalue weighted by Gasteiger charge is 2.37. The molecular weight excluding hydrogens is 344 g/mol. The van der Waals surface area contributed by atoms with Gasteiger partial charge in [0.25, 0.3) is 0 Å². The highest BCUT2D eigenvalue weighted by molar-refractivity contribution is 7.17. The molecule has 3 aromatic heterocycles. The molecule has 1 fully saturated rings. The SMILES string of the molecule is Cc1nc2sc([C@@H](c3cccs3)[NH+]3C[C@@H](C)O[C@H](C)C3)c(O)n2n1. The largest absolute Gasteiger partial charge is 0.492 e. The van der Waals surface area contributed by atoms with Crippen molar-refractivity contribution >= 4 is 27.6 Å². The number of quaternary nitrogens is 1. The number of thiophene rings is 1. The van der Waals surface area contributed by atoms with Crippen molar-refractivity contribution in [1.82, 2.24) is 14.6 Å². The summed E-state index contributed by atoms with van der Waals surface area (Å²) in [5, 5.41) is 17.2. The number of hydrogen-bond acceptors (Lipinski definition) is 6. The van der Waals surface area contributed by atoms with Crippen LogP contribution in [0.15, 0.2) is 17.5 Å². The van der Waals surface area contributed by atoms with E-state index in [1.165, 1.54) is 21.1 Å². The maximum atomic E-state index is 10.8. The quantitative estimate of drug-likeness (QED) is 0.741. The zero-order valence-corrected chi connectivity index (χ0v) is 15.5. The number of ether oxygens (including phenoxy) is 1. The summed E-state index contributed by atoms with van der Waals surface area (Å²) in [6.07, 6.45) is 0.413. The molecule has 2 N–H and O–H groups in total. The number of fused-ring (bicyclic) bond motifs is 1. The van der Waals surface area contributed by atoms with Crippen LogP contribution in [0.4, 0.5) is 0 Å². The molecule has 1 aliphatic heterocycles. The molecule has 24 heavy (non-hydrogen) atoms. The van der Waals surface area contributed by atoms with Crippen LogP contribution in [0.25, 0.3) is 4.96 Å². The van der Waals surface area contributed by atoms with Crippen molar-refractivity contribution < 1.29 is 14.7 Å². The van der Waals surface area contributed by atoms with Gasteiger partial charge in [0, 0.05) is 0 Å². The van der Waals surface area contributed by atoms with Gasteiger partial charge in [-0.3, -0.25) is 0 Å². The van der Waals surface area contributed by atoms with Crippen molar-refractivity contribution in [3.63, 3.8) is 0 Å². The fraction of sp³-hybridized carbons (Fsp3) is 0.500.